The van der Waals surface area contributed by atoms with Gasteiger partial charge in [0.25, 0.3) is 0 Å². The molecule has 0 amide bonds. The highest BCUT2D eigenvalue weighted by Crippen LogP contribution is 2.28. The topological polar surface area (TPSA) is 16.1 Å². The minimum absolute atomic E-state index is 0.269. The summed E-state index contributed by atoms with van der Waals surface area (Å²) in [7, 11) is 1.64. The molecule has 0 N–H and O–H groups in total. The van der Waals surface area contributed by atoms with Gasteiger partial charge in [0, 0.05) is 19.5 Å². The SMILES string of the molecule is CN(CCCl)c1cccc(C(F)(F)F)n1. The van der Waals surface area contributed by atoms with E-state index in [0.717, 1.165) is 6.07 Å². The van der Waals surface area contributed by atoms with Gasteiger partial charge in [-0.3, -0.25) is 0 Å². The standard InChI is InChI=1S/C9H10ClF3N2/c1-15(6-5-10)8-4-2-3-7(14-8)9(11,12)13/h2-4H,5-6H2,1H3. The van der Waals surface area contributed by atoms with Crippen LogP contribution in [0.1, 0.15) is 5.69 Å². The van der Waals surface area contributed by atoms with Gasteiger partial charge < -0.3 is 4.90 Å². The zero-order valence-corrected chi connectivity index (χ0v) is 8.81. The highest BCUT2D eigenvalue weighted by molar-refractivity contribution is 6.18. The molecule has 0 atom stereocenters. The normalized spacial score (nSPS) is 11.5. The average Bonchev–Trinajstić information content (AvgIpc) is 2.17. The highest BCUT2D eigenvalue weighted by Gasteiger charge is 2.32. The Bertz CT molecular complexity index is 327. The first kappa shape index (κ1) is 12.1. The van der Waals surface area contributed by atoms with E-state index in [2.05, 4.69) is 4.98 Å². The first-order valence-electron chi connectivity index (χ1n) is 4.26. The van der Waals surface area contributed by atoms with Crippen molar-refractivity contribution in [3.05, 3.63) is 23.9 Å². The van der Waals surface area contributed by atoms with Crippen LogP contribution >= 0.6 is 11.6 Å². The number of hydrogen-bond acceptors (Lipinski definition) is 2. The van der Waals surface area contributed by atoms with E-state index in [1.54, 1.807) is 11.9 Å². The second-order valence-electron chi connectivity index (χ2n) is 2.99. The second-order valence-corrected chi connectivity index (χ2v) is 3.37. The quantitative estimate of drug-likeness (QED) is 0.753. The molecule has 1 heterocycles. The highest BCUT2D eigenvalue weighted by atomic mass is 35.5. The summed E-state index contributed by atoms with van der Waals surface area (Å²) >= 11 is 5.48. The van der Waals surface area contributed by atoms with E-state index < -0.39 is 11.9 Å². The molecule has 84 valence electrons. The molecular weight excluding hydrogens is 229 g/mol. The molecule has 15 heavy (non-hydrogen) atoms. The van der Waals surface area contributed by atoms with E-state index in [4.69, 9.17) is 11.6 Å². The van der Waals surface area contributed by atoms with Crippen molar-refractivity contribution in [1.29, 1.82) is 0 Å². The van der Waals surface area contributed by atoms with E-state index in [-0.39, 0.29) is 5.82 Å². The molecule has 1 aromatic heterocycles. The van der Waals surface area contributed by atoms with Crippen molar-refractivity contribution in [1.82, 2.24) is 4.98 Å². The molecule has 0 aliphatic heterocycles. The van der Waals surface area contributed by atoms with Crippen LogP contribution in [-0.4, -0.2) is 24.5 Å². The number of aromatic nitrogens is 1. The third kappa shape index (κ3) is 3.27. The first-order chi connectivity index (χ1) is 6.95. The summed E-state index contributed by atoms with van der Waals surface area (Å²) < 4.78 is 36.9. The van der Waals surface area contributed by atoms with Crippen molar-refractivity contribution in [3.8, 4) is 0 Å². The molecule has 0 radical (unpaired) electrons. The molecule has 1 rings (SSSR count). The van der Waals surface area contributed by atoms with Crippen molar-refractivity contribution in [3.63, 3.8) is 0 Å². The van der Waals surface area contributed by atoms with Gasteiger partial charge in [-0.1, -0.05) is 6.07 Å². The molecule has 0 aromatic carbocycles. The van der Waals surface area contributed by atoms with Crippen LogP contribution in [0.4, 0.5) is 19.0 Å². The lowest BCUT2D eigenvalue weighted by atomic mass is 10.3. The first-order valence-corrected chi connectivity index (χ1v) is 4.80. The number of nitrogens with zero attached hydrogens (tertiary/aromatic N) is 2. The van der Waals surface area contributed by atoms with Crippen molar-refractivity contribution in [2.24, 2.45) is 0 Å². The molecule has 0 saturated heterocycles. The number of pyridine rings is 1. The summed E-state index contributed by atoms with van der Waals surface area (Å²) in [6.07, 6.45) is -4.40. The van der Waals surface area contributed by atoms with Crippen molar-refractivity contribution >= 4 is 17.4 Å². The molecule has 0 spiro atoms. The zero-order valence-electron chi connectivity index (χ0n) is 8.05. The van der Waals surface area contributed by atoms with Gasteiger partial charge >= 0.3 is 6.18 Å². The smallest absolute Gasteiger partial charge is 0.358 e. The summed E-state index contributed by atoms with van der Waals surface area (Å²) in [6, 6.07) is 3.79. The molecule has 0 saturated carbocycles. The van der Waals surface area contributed by atoms with E-state index in [1.807, 2.05) is 0 Å². The van der Waals surface area contributed by atoms with Crippen LogP contribution in [0.5, 0.6) is 0 Å². The lowest BCUT2D eigenvalue weighted by Gasteiger charge is -2.17. The Morgan fingerprint density at radius 1 is 1.40 bits per heavy atom. The summed E-state index contributed by atoms with van der Waals surface area (Å²) in [6.45, 7) is 0.454. The Labute approximate surface area is 90.7 Å². The van der Waals surface area contributed by atoms with Crippen LogP contribution in [0.25, 0.3) is 0 Å². The molecule has 0 aliphatic carbocycles. The van der Waals surface area contributed by atoms with Crippen molar-refractivity contribution in [2.45, 2.75) is 6.18 Å². The van der Waals surface area contributed by atoms with Gasteiger partial charge in [-0.15, -0.1) is 11.6 Å². The maximum absolute atomic E-state index is 12.3. The summed E-state index contributed by atoms with van der Waals surface area (Å²) in [4.78, 5) is 5.08. The van der Waals surface area contributed by atoms with E-state index in [1.165, 1.54) is 12.1 Å². The Hall–Kier alpha value is -0.970. The maximum Gasteiger partial charge on any atom is 0.433 e. The Kier molecular flexibility index (Phi) is 3.79. The lowest BCUT2D eigenvalue weighted by molar-refractivity contribution is -0.141. The van der Waals surface area contributed by atoms with Gasteiger partial charge in [0.1, 0.15) is 11.5 Å². The van der Waals surface area contributed by atoms with Crippen LogP contribution in [0, 0.1) is 0 Å². The van der Waals surface area contributed by atoms with Gasteiger partial charge in [0.05, 0.1) is 0 Å². The van der Waals surface area contributed by atoms with Crippen LogP contribution < -0.4 is 4.90 Å². The fourth-order valence-corrected chi connectivity index (χ4v) is 1.29. The van der Waals surface area contributed by atoms with Gasteiger partial charge in [0.15, 0.2) is 0 Å². The van der Waals surface area contributed by atoms with Crippen LogP contribution in [0.2, 0.25) is 0 Å². The minimum atomic E-state index is -4.40. The largest absolute Gasteiger partial charge is 0.433 e. The summed E-state index contributed by atoms with van der Waals surface area (Å²) in [5, 5.41) is 0. The maximum atomic E-state index is 12.3. The third-order valence-electron chi connectivity index (χ3n) is 1.84. The average molecular weight is 239 g/mol. The Morgan fingerprint density at radius 2 is 2.07 bits per heavy atom. The lowest BCUT2D eigenvalue weighted by Crippen LogP contribution is -2.22. The van der Waals surface area contributed by atoms with Crippen molar-refractivity contribution < 1.29 is 13.2 Å². The zero-order chi connectivity index (χ0) is 11.5. The molecule has 0 fully saturated rings. The Morgan fingerprint density at radius 3 is 2.60 bits per heavy atom. The monoisotopic (exact) mass is 238 g/mol. The van der Waals surface area contributed by atoms with Gasteiger partial charge in [-0.05, 0) is 12.1 Å². The van der Waals surface area contributed by atoms with Gasteiger partial charge in [-0.2, -0.15) is 13.2 Å². The van der Waals surface area contributed by atoms with Gasteiger partial charge in [0.2, 0.25) is 0 Å². The van der Waals surface area contributed by atoms with Gasteiger partial charge in [-0.25, -0.2) is 4.98 Å². The number of hydrogen-bond donors (Lipinski definition) is 0. The second kappa shape index (κ2) is 4.70. The number of halogens is 4. The van der Waals surface area contributed by atoms with Crippen LogP contribution in [0.15, 0.2) is 18.2 Å². The third-order valence-corrected chi connectivity index (χ3v) is 2.00. The van der Waals surface area contributed by atoms with E-state index >= 15 is 0 Å². The fourth-order valence-electron chi connectivity index (χ4n) is 1.04. The van der Waals surface area contributed by atoms with E-state index in [0.29, 0.717) is 12.4 Å². The summed E-state index contributed by atoms with van der Waals surface area (Å²) in [5.74, 6) is 0.611. The molecule has 0 bridgehead atoms. The van der Waals surface area contributed by atoms with Crippen molar-refractivity contribution in [2.75, 3.05) is 24.4 Å². The van der Waals surface area contributed by atoms with Crippen LogP contribution in [0.3, 0.4) is 0 Å². The molecule has 1 aromatic rings. The number of anilines is 1. The van der Waals surface area contributed by atoms with Crippen LogP contribution in [-0.2, 0) is 6.18 Å². The van der Waals surface area contributed by atoms with E-state index in [9.17, 15) is 13.2 Å². The molecule has 2 nitrogen and oxygen atoms in total. The Balaban J connectivity index is 2.92. The molecular formula is C9H10ClF3N2. The number of alkyl halides is 4. The predicted molar refractivity (Wildman–Crippen MR) is 53.2 cm³/mol. The molecule has 0 unspecified atom stereocenters. The predicted octanol–water partition coefficient (Wildman–Crippen LogP) is 2.78. The summed E-state index contributed by atoms with van der Waals surface area (Å²) in [5.41, 5.74) is -0.888. The minimum Gasteiger partial charge on any atom is -0.358 e. The molecule has 6 heteroatoms. The number of rotatable bonds is 3. The fraction of sp³-hybridized carbons (Fsp3) is 0.444. The molecule has 0 aliphatic rings.